The minimum atomic E-state index is -0.772. The molecule has 5 rings (SSSR count). The summed E-state index contributed by atoms with van der Waals surface area (Å²) in [6, 6.07) is 12.4. The smallest absolute Gasteiger partial charge is 0.271 e. The number of pyridine rings is 2. The zero-order valence-electron chi connectivity index (χ0n) is 22.0. The molecule has 0 saturated heterocycles. The molecule has 0 radical (unpaired) electrons. The molecule has 0 aliphatic rings. The molecule has 0 fully saturated rings. The Morgan fingerprint density at radius 3 is 2.40 bits per heavy atom. The van der Waals surface area contributed by atoms with Crippen molar-refractivity contribution in [3.8, 4) is 23.1 Å². The molecule has 3 aromatic heterocycles. The van der Waals surface area contributed by atoms with Crippen LogP contribution in [0.3, 0.4) is 0 Å². The van der Waals surface area contributed by atoms with Gasteiger partial charge in [-0.05, 0) is 63.2 Å². The van der Waals surface area contributed by atoms with Crippen molar-refractivity contribution in [3.63, 3.8) is 0 Å². The van der Waals surface area contributed by atoms with E-state index in [4.69, 9.17) is 9.47 Å². The van der Waals surface area contributed by atoms with Gasteiger partial charge in [-0.3, -0.25) is 19.1 Å². The third kappa shape index (κ3) is 4.96. The standard InChI is InChI=1S/C29H23F2N5O4/c1-15-13-22-26(35-28(15)39-4)24(11-12-32-22)40-23-10-7-19(14-21(23)31)34-27(37)25-16(2)33-17(3)36(29(25)38)20-8-5-18(30)6-9-20/h5-14H,1-4H3,(H,34,37). The van der Waals surface area contributed by atoms with E-state index >= 15 is 4.39 Å². The first kappa shape index (κ1) is 26.4. The Morgan fingerprint density at radius 2 is 1.70 bits per heavy atom. The van der Waals surface area contributed by atoms with Crippen molar-refractivity contribution in [2.75, 3.05) is 12.4 Å². The highest BCUT2D eigenvalue weighted by Crippen LogP contribution is 2.32. The van der Waals surface area contributed by atoms with E-state index in [1.165, 1.54) is 61.2 Å². The van der Waals surface area contributed by atoms with E-state index in [2.05, 4.69) is 20.3 Å². The maximum absolute atomic E-state index is 15.1. The van der Waals surface area contributed by atoms with Gasteiger partial charge in [0.2, 0.25) is 5.88 Å². The van der Waals surface area contributed by atoms with Gasteiger partial charge in [0.25, 0.3) is 11.5 Å². The van der Waals surface area contributed by atoms with Crippen LogP contribution >= 0.6 is 0 Å². The number of anilines is 1. The van der Waals surface area contributed by atoms with E-state index in [9.17, 15) is 14.0 Å². The number of rotatable bonds is 6. The Kier molecular flexibility index (Phi) is 6.95. The number of ether oxygens (including phenoxy) is 2. The van der Waals surface area contributed by atoms with Crippen LogP contribution in [0.15, 0.2) is 65.6 Å². The van der Waals surface area contributed by atoms with Crippen LogP contribution in [0.2, 0.25) is 0 Å². The highest BCUT2D eigenvalue weighted by Gasteiger charge is 2.21. The second-order valence-electron chi connectivity index (χ2n) is 8.93. The molecule has 9 nitrogen and oxygen atoms in total. The zero-order valence-corrected chi connectivity index (χ0v) is 22.0. The summed E-state index contributed by atoms with van der Waals surface area (Å²) in [5, 5.41) is 2.54. The number of methoxy groups -OCH3 is 1. The monoisotopic (exact) mass is 543 g/mol. The number of fused-ring (bicyclic) bond motifs is 1. The van der Waals surface area contributed by atoms with Crippen molar-refractivity contribution in [1.29, 1.82) is 0 Å². The molecular formula is C29H23F2N5O4. The third-order valence-electron chi connectivity index (χ3n) is 6.17. The molecule has 0 saturated carbocycles. The van der Waals surface area contributed by atoms with Crippen LogP contribution in [0.4, 0.5) is 14.5 Å². The summed E-state index contributed by atoms with van der Waals surface area (Å²) >= 11 is 0. The number of aryl methyl sites for hydroxylation is 3. The van der Waals surface area contributed by atoms with Crippen LogP contribution in [0.1, 0.15) is 27.4 Å². The van der Waals surface area contributed by atoms with E-state index < -0.39 is 23.1 Å². The fourth-order valence-corrected chi connectivity index (χ4v) is 4.31. The van der Waals surface area contributed by atoms with Crippen LogP contribution in [-0.4, -0.2) is 32.5 Å². The summed E-state index contributed by atoms with van der Waals surface area (Å²) in [5.41, 5.74) is 1.50. The zero-order chi connectivity index (χ0) is 28.6. The molecule has 202 valence electrons. The van der Waals surface area contributed by atoms with Gasteiger partial charge < -0.3 is 14.8 Å². The number of aromatic nitrogens is 4. The van der Waals surface area contributed by atoms with Gasteiger partial charge in [0.15, 0.2) is 17.3 Å². The molecule has 5 aromatic rings. The quantitative estimate of drug-likeness (QED) is 0.304. The number of amides is 1. The van der Waals surface area contributed by atoms with E-state index in [0.717, 1.165) is 11.6 Å². The summed E-state index contributed by atoms with van der Waals surface area (Å²) in [6.07, 6.45) is 1.52. The number of hydrogen-bond donors (Lipinski definition) is 1. The van der Waals surface area contributed by atoms with E-state index in [0.29, 0.717) is 28.4 Å². The van der Waals surface area contributed by atoms with E-state index in [1.807, 2.05) is 6.92 Å². The molecule has 0 aliphatic carbocycles. The molecule has 2 aromatic carbocycles. The molecule has 0 spiro atoms. The van der Waals surface area contributed by atoms with Crippen molar-refractivity contribution in [3.05, 3.63) is 105 Å². The second kappa shape index (κ2) is 10.5. The summed E-state index contributed by atoms with van der Waals surface area (Å²) in [4.78, 5) is 39.4. The Bertz CT molecular complexity index is 1840. The van der Waals surface area contributed by atoms with Crippen LogP contribution in [0, 0.1) is 32.4 Å². The minimum Gasteiger partial charge on any atom is -0.481 e. The lowest BCUT2D eigenvalue weighted by atomic mass is 10.2. The maximum Gasteiger partial charge on any atom is 0.271 e. The van der Waals surface area contributed by atoms with E-state index in [-0.39, 0.29) is 28.4 Å². The number of benzene rings is 2. The van der Waals surface area contributed by atoms with Crippen LogP contribution in [-0.2, 0) is 0 Å². The molecule has 40 heavy (non-hydrogen) atoms. The molecule has 0 aliphatic heterocycles. The fraction of sp³-hybridized carbons (Fsp3) is 0.138. The molecule has 1 N–H and O–H groups in total. The fourth-order valence-electron chi connectivity index (χ4n) is 4.31. The molecule has 3 heterocycles. The van der Waals surface area contributed by atoms with Gasteiger partial charge >= 0.3 is 0 Å². The first-order chi connectivity index (χ1) is 19.2. The maximum atomic E-state index is 15.1. The second-order valence-corrected chi connectivity index (χ2v) is 8.93. The molecule has 0 unspecified atom stereocenters. The predicted octanol–water partition coefficient (Wildman–Crippen LogP) is 5.43. The number of carbonyl (C=O) groups is 1. The van der Waals surface area contributed by atoms with Crippen molar-refractivity contribution in [1.82, 2.24) is 19.5 Å². The molecular weight excluding hydrogens is 520 g/mol. The largest absolute Gasteiger partial charge is 0.481 e. The average Bonchev–Trinajstić information content (AvgIpc) is 2.90. The molecule has 1 amide bonds. The Hall–Kier alpha value is -5.19. The summed E-state index contributed by atoms with van der Waals surface area (Å²) in [5.74, 6) is -1.13. The van der Waals surface area contributed by atoms with Gasteiger partial charge in [-0.2, -0.15) is 0 Å². The highest BCUT2D eigenvalue weighted by molar-refractivity contribution is 6.04. The normalized spacial score (nSPS) is 10.9. The SMILES string of the molecule is COc1nc2c(Oc3ccc(NC(=O)c4c(C)nc(C)n(-c5ccc(F)cc5)c4=O)cc3F)ccnc2cc1C. The van der Waals surface area contributed by atoms with Crippen molar-refractivity contribution in [2.45, 2.75) is 20.8 Å². The lowest BCUT2D eigenvalue weighted by Crippen LogP contribution is -2.32. The number of hydrogen-bond acceptors (Lipinski definition) is 7. The highest BCUT2D eigenvalue weighted by atomic mass is 19.1. The Morgan fingerprint density at radius 1 is 0.950 bits per heavy atom. The van der Waals surface area contributed by atoms with Crippen molar-refractivity contribution < 1.29 is 23.0 Å². The van der Waals surface area contributed by atoms with E-state index in [1.54, 1.807) is 19.1 Å². The van der Waals surface area contributed by atoms with Gasteiger partial charge in [0.05, 0.1) is 24.0 Å². The Labute approximate surface area is 227 Å². The summed E-state index contributed by atoms with van der Waals surface area (Å²) in [7, 11) is 1.50. The lowest BCUT2D eigenvalue weighted by molar-refractivity contribution is 0.102. The Balaban J connectivity index is 1.42. The van der Waals surface area contributed by atoms with Crippen molar-refractivity contribution in [2.24, 2.45) is 0 Å². The van der Waals surface area contributed by atoms with Crippen LogP contribution in [0.5, 0.6) is 17.4 Å². The molecule has 0 bridgehead atoms. The number of carbonyl (C=O) groups excluding carboxylic acids is 1. The first-order valence-corrected chi connectivity index (χ1v) is 12.1. The van der Waals surface area contributed by atoms with Gasteiger partial charge in [0.1, 0.15) is 22.7 Å². The molecule has 11 heteroatoms. The molecule has 0 atom stereocenters. The van der Waals surface area contributed by atoms with Crippen LogP contribution < -0.4 is 20.3 Å². The number of nitrogens with zero attached hydrogens (tertiary/aromatic N) is 4. The third-order valence-corrected chi connectivity index (χ3v) is 6.17. The van der Waals surface area contributed by atoms with Gasteiger partial charge in [-0.15, -0.1) is 0 Å². The predicted molar refractivity (Wildman–Crippen MR) is 145 cm³/mol. The topological polar surface area (TPSA) is 108 Å². The number of nitrogens with one attached hydrogen (secondary N) is 1. The summed E-state index contributed by atoms with van der Waals surface area (Å²) in [6.45, 7) is 4.96. The average molecular weight is 544 g/mol. The minimum absolute atomic E-state index is 0.0950. The van der Waals surface area contributed by atoms with Gasteiger partial charge in [-0.1, -0.05) is 0 Å². The first-order valence-electron chi connectivity index (χ1n) is 12.1. The summed E-state index contributed by atoms with van der Waals surface area (Å²) < 4.78 is 40.8. The van der Waals surface area contributed by atoms with Crippen LogP contribution in [0.25, 0.3) is 16.7 Å². The lowest BCUT2D eigenvalue weighted by Gasteiger charge is -2.14. The van der Waals surface area contributed by atoms with Gasteiger partial charge in [-0.25, -0.2) is 18.7 Å². The number of halogens is 2. The van der Waals surface area contributed by atoms with Gasteiger partial charge in [0, 0.05) is 29.6 Å². The van der Waals surface area contributed by atoms with Crippen molar-refractivity contribution >= 4 is 22.6 Å².